The normalized spacial score (nSPS) is 15.6. The molecule has 6 heteroatoms. The molecule has 0 aliphatic heterocycles. The molecule has 0 N–H and O–H groups in total. The van der Waals surface area contributed by atoms with Crippen molar-refractivity contribution in [1.82, 2.24) is 0 Å². The molecule has 0 saturated heterocycles. The third kappa shape index (κ3) is 3.51. The molecule has 0 aromatic rings. The average molecular weight is 258 g/mol. The topological polar surface area (TPSA) is 77.3 Å². The second-order valence-corrected chi connectivity index (χ2v) is 5.04. The molecule has 0 amide bonds. The Morgan fingerprint density at radius 1 is 0.944 bits per heavy atom. The first kappa shape index (κ1) is 16.5. The Hall–Kier alpha value is -1.46. The lowest BCUT2D eigenvalue weighted by atomic mass is 9.89. The van der Waals surface area contributed by atoms with Gasteiger partial charge in [-0.25, -0.2) is 9.59 Å². The fourth-order valence-corrected chi connectivity index (χ4v) is 1.12. The minimum Gasteiger partial charge on any atom is -0.467 e. The zero-order valence-electron chi connectivity index (χ0n) is 12.1. The van der Waals surface area contributed by atoms with Crippen LogP contribution in [0.2, 0.25) is 0 Å². The minimum absolute atomic E-state index is 0.109. The van der Waals surface area contributed by atoms with Crippen molar-refractivity contribution >= 4 is 11.9 Å². The molecule has 0 saturated carbocycles. The molecule has 0 heterocycles. The van der Waals surface area contributed by atoms with Crippen LogP contribution in [-0.2, 0) is 19.1 Å². The van der Waals surface area contributed by atoms with E-state index in [-0.39, 0.29) is 5.92 Å². The van der Waals surface area contributed by atoms with Crippen LogP contribution in [0.25, 0.3) is 0 Å². The van der Waals surface area contributed by atoms with Gasteiger partial charge in [0.1, 0.15) is 0 Å². The van der Waals surface area contributed by atoms with Crippen molar-refractivity contribution in [3.05, 3.63) is 0 Å². The number of methoxy groups -OCH3 is 2. The number of azo groups is 1. The number of carbonyl (C=O) groups excluding carboxylic acids is 2. The van der Waals surface area contributed by atoms with Gasteiger partial charge in [-0.2, -0.15) is 10.2 Å². The predicted octanol–water partition coefficient (Wildman–Crippen LogP) is 1.98. The molecule has 6 nitrogen and oxygen atoms in total. The van der Waals surface area contributed by atoms with E-state index in [0.717, 1.165) is 0 Å². The summed E-state index contributed by atoms with van der Waals surface area (Å²) in [6.45, 7) is 8.43. The molecule has 0 fully saturated rings. The van der Waals surface area contributed by atoms with Crippen LogP contribution >= 0.6 is 0 Å². The molecule has 18 heavy (non-hydrogen) atoms. The summed E-state index contributed by atoms with van der Waals surface area (Å²) in [6.07, 6.45) is 0. The molecule has 0 radical (unpaired) electrons. The number of ether oxygens (including phenoxy) is 2. The van der Waals surface area contributed by atoms with Crippen molar-refractivity contribution < 1.29 is 19.1 Å². The molecule has 1 unspecified atom stereocenters. The maximum atomic E-state index is 11.7. The fourth-order valence-electron chi connectivity index (χ4n) is 1.12. The highest BCUT2D eigenvalue weighted by Crippen LogP contribution is 2.25. The quantitative estimate of drug-likeness (QED) is 0.558. The molecular weight excluding hydrogens is 236 g/mol. The number of hydrogen-bond acceptors (Lipinski definition) is 6. The predicted molar refractivity (Wildman–Crippen MR) is 66.2 cm³/mol. The van der Waals surface area contributed by atoms with Gasteiger partial charge in [0.2, 0.25) is 0 Å². The monoisotopic (exact) mass is 258 g/mol. The van der Waals surface area contributed by atoms with Gasteiger partial charge in [0.15, 0.2) is 11.1 Å². The summed E-state index contributed by atoms with van der Waals surface area (Å²) in [4.78, 5) is 23.2. The zero-order valence-corrected chi connectivity index (χ0v) is 12.1. The maximum Gasteiger partial charge on any atom is 0.335 e. The minimum atomic E-state index is -1.13. The van der Waals surface area contributed by atoms with Gasteiger partial charge in [0.25, 0.3) is 0 Å². The molecule has 0 aromatic carbocycles. The van der Waals surface area contributed by atoms with Gasteiger partial charge in [-0.1, -0.05) is 13.8 Å². The van der Waals surface area contributed by atoms with Gasteiger partial charge in [0, 0.05) is 0 Å². The van der Waals surface area contributed by atoms with E-state index in [1.165, 1.54) is 14.2 Å². The molecular formula is C12H22N2O4. The van der Waals surface area contributed by atoms with Crippen molar-refractivity contribution in [1.29, 1.82) is 0 Å². The molecule has 104 valence electrons. The first-order valence-corrected chi connectivity index (χ1v) is 5.72. The Kier molecular flexibility index (Phi) is 5.45. The van der Waals surface area contributed by atoms with Gasteiger partial charge in [0.05, 0.1) is 14.2 Å². The fraction of sp³-hybridized carbons (Fsp3) is 0.833. The summed E-state index contributed by atoms with van der Waals surface area (Å²) in [5.41, 5.74) is -2.24. The third-order valence-corrected chi connectivity index (χ3v) is 2.92. The van der Waals surface area contributed by atoms with Crippen LogP contribution < -0.4 is 0 Å². The number of carbonyl (C=O) groups is 2. The summed E-state index contributed by atoms with van der Waals surface area (Å²) in [5, 5.41) is 7.96. The second kappa shape index (κ2) is 5.93. The summed E-state index contributed by atoms with van der Waals surface area (Å²) in [6, 6.07) is 0. The summed E-state index contributed by atoms with van der Waals surface area (Å²) in [5.74, 6) is -1.11. The lowest BCUT2D eigenvalue weighted by Crippen LogP contribution is -2.40. The Morgan fingerprint density at radius 2 is 1.39 bits per heavy atom. The van der Waals surface area contributed by atoms with Crippen molar-refractivity contribution in [2.24, 2.45) is 16.1 Å². The van der Waals surface area contributed by atoms with Crippen LogP contribution in [0.4, 0.5) is 0 Å². The molecule has 0 aromatic heterocycles. The SMILES string of the molecule is COC(=O)C(C)(C)N=NC(C)(C(=O)OC)C(C)C. The van der Waals surface area contributed by atoms with E-state index >= 15 is 0 Å². The lowest BCUT2D eigenvalue weighted by molar-refractivity contribution is -0.149. The summed E-state index contributed by atoms with van der Waals surface area (Å²) < 4.78 is 9.34. The Labute approximate surface area is 108 Å². The first-order valence-electron chi connectivity index (χ1n) is 5.72. The number of nitrogens with zero attached hydrogens (tertiary/aromatic N) is 2. The van der Waals surface area contributed by atoms with E-state index in [4.69, 9.17) is 4.74 Å². The number of hydrogen-bond donors (Lipinski definition) is 0. The molecule has 1 atom stereocenters. The maximum absolute atomic E-state index is 11.7. The standard InChI is InChI=1S/C12H22N2O4/c1-8(2)12(5,10(16)18-7)14-13-11(3,4)9(15)17-6/h8H,1-7H3. The molecule has 0 aliphatic carbocycles. The van der Waals surface area contributed by atoms with Crippen molar-refractivity contribution in [3.63, 3.8) is 0 Å². The van der Waals surface area contributed by atoms with Gasteiger partial charge in [-0.3, -0.25) is 0 Å². The van der Waals surface area contributed by atoms with Gasteiger partial charge in [-0.15, -0.1) is 0 Å². The van der Waals surface area contributed by atoms with E-state index in [1.807, 2.05) is 13.8 Å². The van der Waals surface area contributed by atoms with Gasteiger partial charge >= 0.3 is 11.9 Å². The Morgan fingerprint density at radius 3 is 1.72 bits per heavy atom. The van der Waals surface area contributed by atoms with E-state index in [2.05, 4.69) is 15.0 Å². The number of esters is 2. The van der Waals surface area contributed by atoms with Crippen molar-refractivity contribution in [2.45, 2.75) is 45.7 Å². The smallest absolute Gasteiger partial charge is 0.335 e. The van der Waals surface area contributed by atoms with E-state index < -0.39 is 23.0 Å². The van der Waals surface area contributed by atoms with Gasteiger partial charge < -0.3 is 9.47 Å². The van der Waals surface area contributed by atoms with Crippen LogP contribution in [-0.4, -0.2) is 37.2 Å². The third-order valence-electron chi connectivity index (χ3n) is 2.92. The summed E-state index contributed by atoms with van der Waals surface area (Å²) in [7, 11) is 2.57. The van der Waals surface area contributed by atoms with Crippen LogP contribution in [0.5, 0.6) is 0 Å². The van der Waals surface area contributed by atoms with Gasteiger partial charge in [-0.05, 0) is 26.7 Å². The van der Waals surface area contributed by atoms with Crippen molar-refractivity contribution in [2.75, 3.05) is 14.2 Å². The van der Waals surface area contributed by atoms with Crippen LogP contribution in [0.1, 0.15) is 34.6 Å². The highest BCUT2D eigenvalue weighted by atomic mass is 16.5. The van der Waals surface area contributed by atoms with E-state index in [0.29, 0.717) is 0 Å². The van der Waals surface area contributed by atoms with E-state index in [1.54, 1.807) is 20.8 Å². The highest BCUT2D eigenvalue weighted by Gasteiger charge is 2.40. The van der Waals surface area contributed by atoms with Crippen molar-refractivity contribution in [3.8, 4) is 0 Å². The summed E-state index contributed by atoms with van der Waals surface area (Å²) >= 11 is 0. The molecule has 0 aliphatic rings. The van der Waals surface area contributed by atoms with Crippen LogP contribution in [0.15, 0.2) is 10.2 Å². The largest absolute Gasteiger partial charge is 0.467 e. The van der Waals surface area contributed by atoms with Crippen LogP contribution in [0.3, 0.4) is 0 Å². The lowest BCUT2D eigenvalue weighted by Gasteiger charge is -2.26. The zero-order chi connectivity index (χ0) is 14.6. The molecule has 0 spiro atoms. The Bertz CT molecular complexity index is 350. The molecule has 0 rings (SSSR count). The number of rotatable bonds is 5. The second-order valence-electron chi connectivity index (χ2n) is 5.04. The first-order chi connectivity index (χ1) is 8.11. The van der Waals surface area contributed by atoms with E-state index in [9.17, 15) is 9.59 Å². The highest BCUT2D eigenvalue weighted by molar-refractivity contribution is 5.81. The average Bonchev–Trinajstić information content (AvgIpc) is 2.33. The molecule has 0 bridgehead atoms. The van der Waals surface area contributed by atoms with Crippen LogP contribution in [0, 0.1) is 5.92 Å². The Balaban J connectivity index is 5.24.